The molecule has 1 unspecified atom stereocenters. The Morgan fingerprint density at radius 3 is 2.89 bits per heavy atom. The van der Waals surface area contributed by atoms with Crippen molar-refractivity contribution in [2.75, 3.05) is 20.3 Å². The Bertz CT molecular complexity index is 796. The predicted octanol–water partition coefficient (Wildman–Crippen LogP) is 2.76. The van der Waals surface area contributed by atoms with E-state index in [1.807, 2.05) is 18.2 Å². The second-order valence-electron chi connectivity index (χ2n) is 7.42. The fourth-order valence-electron chi connectivity index (χ4n) is 3.57. The number of hydrogen-bond acceptors (Lipinski definition) is 6. The third kappa shape index (κ3) is 4.72. The summed E-state index contributed by atoms with van der Waals surface area (Å²) >= 11 is 0. The van der Waals surface area contributed by atoms with Gasteiger partial charge in [-0.25, -0.2) is 4.98 Å². The smallest absolute Gasteiger partial charge is 0.273 e. The van der Waals surface area contributed by atoms with Crippen molar-refractivity contribution in [3.8, 4) is 5.75 Å². The first-order chi connectivity index (χ1) is 13.7. The lowest BCUT2D eigenvalue weighted by atomic mass is 10.2. The van der Waals surface area contributed by atoms with E-state index < -0.39 is 0 Å². The summed E-state index contributed by atoms with van der Waals surface area (Å²) in [5.41, 5.74) is 1.46. The molecule has 28 heavy (non-hydrogen) atoms. The number of amides is 1. The molecule has 1 amide bonds. The number of ether oxygens (including phenoxy) is 2. The average molecular weight is 385 g/mol. The van der Waals surface area contributed by atoms with Crippen molar-refractivity contribution in [2.45, 2.75) is 50.9 Å². The lowest BCUT2D eigenvalue weighted by Gasteiger charge is -2.21. The van der Waals surface area contributed by atoms with Gasteiger partial charge in [0.2, 0.25) is 5.89 Å². The second-order valence-corrected chi connectivity index (χ2v) is 7.42. The van der Waals surface area contributed by atoms with E-state index in [-0.39, 0.29) is 12.0 Å². The number of oxazole rings is 1. The molecule has 0 spiro atoms. The van der Waals surface area contributed by atoms with E-state index in [9.17, 15) is 4.79 Å². The van der Waals surface area contributed by atoms with Crippen LogP contribution in [0.4, 0.5) is 0 Å². The Balaban J connectivity index is 1.36. The maximum Gasteiger partial charge on any atom is 0.273 e. The Morgan fingerprint density at radius 2 is 2.14 bits per heavy atom. The van der Waals surface area contributed by atoms with E-state index >= 15 is 0 Å². The molecular formula is C21H27N3O4. The topological polar surface area (TPSA) is 76.8 Å². The van der Waals surface area contributed by atoms with Crippen LogP contribution in [0.15, 0.2) is 34.9 Å². The molecule has 2 aliphatic rings. The molecule has 2 aromatic rings. The van der Waals surface area contributed by atoms with Gasteiger partial charge in [0.05, 0.1) is 19.8 Å². The highest BCUT2D eigenvalue weighted by Gasteiger charge is 2.31. The van der Waals surface area contributed by atoms with Gasteiger partial charge < -0.3 is 19.2 Å². The molecule has 1 atom stereocenters. The van der Waals surface area contributed by atoms with Gasteiger partial charge in [0.25, 0.3) is 5.91 Å². The van der Waals surface area contributed by atoms with Gasteiger partial charge in [-0.1, -0.05) is 18.2 Å². The number of aromatic nitrogens is 1. The summed E-state index contributed by atoms with van der Waals surface area (Å²) in [6.07, 6.45) is 5.94. The maximum atomic E-state index is 12.3. The van der Waals surface area contributed by atoms with Gasteiger partial charge >= 0.3 is 0 Å². The summed E-state index contributed by atoms with van der Waals surface area (Å²) in [5, 5.41) is 2.88. The SMILES string of the molecule is COc1ccccc1CN(Cc1nc(C(=O)NCC2CCCO2)co1)C1CC1. The molecule has 4 rings (SSSR count). The highest BCUT2D eigenvalue weighted by atomic mass is 16.5. The number of hydrogen-bond donors (Lipinski definition) is 1. The number of nitrogens with one attached hydrogen (secondary N) is 1. The van der Waals surface area contributed by atoms with Crippen molar-refractivity contribution in [1.29, 1.82) is 0 Å². The maximum absolute atomic E-state index is 12.3. The van der Waals surface area contributed by atoms with Crippen LogP contribution < -0.4 is 10.1 Å². The molecule has 1 aliphatic heterocycles. The lowest BCUT2D eigenvalue weighted by molar-refractivity contribution is 0.0853. The quantitative estimate of drug-likeness (QED) is 0.715. The highest BCUT2D eigenvalue weighted by Crippen LogP contribution is 2.31. The Morgan fingerprint density at radius 1 is 1.29 bits per heavy atom. The van der Waals surface area contributed by atoms with E-state index in [0.717, 1.165) is 37.3 Å². The van der Waals surface area contributed by atoms with Gasteiger partial charge in [-0.2, -0.15) is 0 Å². The third-order valence-electron chi connectivity index (χ3n) is 5.27. The van der Waals surface area contributed by atoms with Crippen LogP contribution in [0, 0.1) is 0 Å². The molecule has 1 N–H and O–H groups in total. The Kier molecular flexibility index (Phi) is 5.92. The molecule has 1 aliphatic carbocycles. The number of para-hydroxylation sites is 1. The molecule has 1 saturated heterocycles. The summed E-state index contributed by atoms with van der Waals surface area (Å²) in [5.74, 6) is 1.23. The summed E-state index contributed by atoms with van der Waals surface area (Å²) in [6, 6.07) is 8.56. The first kappa shape index (κ1) is 19.0. The summed E-state index contributed by atoms with van der Waals surface area (Å²) in [4.78, 5) is 19.0. The molecule has 1 aromatic heterocycles. The van der Waals surface area contributed by atoms with Crippen LogP contribution in [-0.4, -0.2) is 48.2 Å². The van der Waals surface area contributed by atoms with E-state index in [1.165, 1.54) is 19.1 Å². The third-order valence-corrected chi connectivity index (χ3v) is 5.27. The Labute approximate surface area is 165 Å². The predicted molar refractivity (Wildman–Crippen MR) is 103 cm³/mol. The number of carbonyl (C=O) groups is 1. The molecule has 2 heterocycles. The van der Waals surface area contributed by atoms with Crippen molar-refractivity contribution < 1.29 is 18.7 Å². The number of carbonyl (C=O) groups excluding carboxylic acids is 1. The van der Waals surface area contributed by atoms with Crippen molar-refractivity contribution in [1.82, 2.24) is 15.2 Å². The standard InChI is InChI=1S/C21H27N3O4/c1-26-19-7-3-2-5-15(19)12-24(16-8-9-16)13-20-23-18(14-28-20)21(25)22-11-17-6-4-10-27-17/h2-3,5,7,14,16-17H,4,6,8-13H2,1H3,(H,22,25). The zero-order chi connectivity index (χ0) is 19.3. The fraction of sp³-hybridized carbons (Fsp3) is 0.524. The van der Waals surface area contributed by atoms with Gasteiger partial charge in [-0.3, -0.25) is 9.69 Å². The van der Waals surface area contributed by atoms with E-state index in [0.29, 0.717) is 30.7 Å². The molecule has 1 saturated carbocycles. The van der Waals surface area contributed by atoms with Crippen LogP contribution in [0.2, 0.25) is 0 Å². The zero-order valence-corrected chi connectivity index (χ0v) is 16.2. The van der Waals surface area contributed by atoms with Crippen LogP contribution in [0.5, 0.6) is 5.75 Å². The first-order valence-corrected chi connectivity index (χ1v) is 9.93. The number of benzene rings is 1. The number of nitrogens with zero attached hydrogens (tertiary/aromatic N) is 2. The van der Waals surface area contributed by atoms with Crippen LogP contribution in [0.25, 0.3) is 0 Å². The lowest BCUT2D eigenvalue weighted by Crippen LogP contribution is -2.32. The Hall–Kier alpha value is -2.38. The highest BCUT2D eigenvalue weighted by molar-refractivity contribution is 5.91. The number of rotatable bonds is 9. The minimum Gasteiger partial charge on any atom is -0.496 e. The second kappa shape index (κ2) is 8.75. The molecule has 0 radical (unpaired) electrons. The molecule has 150 valence electrons. The van der Waals surface area contributed by atoms with Gasteiger partial charge in [0.15, 0.2) is 5.69 Å². The largest absolute Gasteiger partial charge is 0.496 e. The minimum atomic E-state index is -0.215. The van der Waals surface area contributed by atoms with Gasteiger partial charge in [0.1, 0.15) is 12.0 Å². The fourth-order valence-corrected chi connectivity index (χ4v) is 3.57. The number of methoxy groups -OCH3 is 1. The first-order valence-electron chi connectivity index (χ1n) is 9.93. The van der Waals surface area contributed by atoms with Crippen LogP contribution in [-0.2, 0) is 17.8 Å². The average Bonchev–Trinajstić information content (AvgIpc) is 3.23. The van der Waals surface area contributed by atoms with Crippen molar-refractivity contribution >= 4 is 5.91 Å². The molecule has 1 aromatic carbocycles. The van der Waals surface area contributed by atoms with Crippen molar-refractivity contribution in [2.24, 2.45) is 0 Å². The summed E-state index contributed by atoms with van der Waals surface area (Å²) < 4.78 is 16.6. The summed E-state index contributed by atoms with van der Waals surface area (Å²) in [6.45, 7) is 2.63. The molecule has 0 bridgehead atoms. The molecule has 2 fully saturated rings. The van der Waals surface area contributed by atoms with Crippen molar-refractivity contribution in [3.63, 3.8) is 0 Å². The van der Waals surface area contributed by atoms with Gasteiger partial charge in [0, 0.05) is 31.3 Å². The van der Waals surface area contributed by atoms with E-state index in [2.05, 4.69) is 21.3 Å². The van der Waals surface area contributed by atoms with Crippen LogP contribution in [0.3, 0.4) is 0 Å². The van der Waals surface area contributed by atoms with E-state index in [4.69, 9.17) is 13.9 Å². The normalized spacial score (nSPS) is 19.1. The van der Waals surface area contributed by atoms with Crippen LogP contribution in [0.1, 0.15) is 47.6 Å². The molecule has 7 heteroatoms. The van der Waals surface area contributed by atoms with Gasteiger partial charge in [-0.15, -0.1) is 0 Å². The zero-order valence-electron chi connectivity index (χ0n) is 16.2. The molecule has 7 nitrogen and oxygen atoms in total. The van der Waals surface area contributed by atoms with Crippen molar-refractivity contribution in [3.05, 3.63) is 47.7 Å². The van der Waals surface area contributed by atoms with E-state index in [1.54, 1.807) is 7.11 Å². The van der Waals surface area contributed by atoms with Gasteiger partial charge in [-0.05, 0) is 31.7 Å². The minimum absolute atomic E-state index is 0.113. The van der Waals surface area contributed by atoms with Crippen LogP contribution >= 0.6 is 0 Å². The monoisotopic (exact) mass is 385 g/mol. The molecular weight excluding hydrogens is 358 g/mol. The summed E-state index contributed by atoms with van der Waals surface area (Å²) in [7, 11) is 1.69.